The van der Waals surface area contributed by atoms with Crippen molar-refractivity contribution in [1.29, 1.82) is 0 Å². The van der Waals surface area contributed by atoms with Gasteiger partial charge in [-0.3, -0.25) is 0 Å². The van der Waals surface area contributed by atoms with Crippen molar-refractivity contribution < 1.29 is 9.84 Å². The van der Waals surface area contributed by atoms with Crippen LogP contribution in [-0.2, 0) is 0 Å². The summed E-state index contributed by atoms with van der Waals surface area (Å²) in [4.78, 5) is 4.50. The van der Waals surface area contributed by atoms with Crippen molar-refractivity contribution in [2.24, 2.45) is 0 Å². The van der Waals surface area contributed by atoms with Crippen LogP contribution in [0, 0.1) is 0 Å². The number of benzene rings is 2. The molecule has 22 heavy (non-hydrogen) atoms. The summed E-state index contributed by atoms with van der Waals surface area (Å²) in [5.41, 5.74) is 1.69. The van der Waals surface area contributed by atoms with Gasteiger partial charge in [-0.1, -0.05) is 29.3 Å². The molecule has 0 aliphatic heterocycles. The van der Waals surface area contributed by atoms with Crippen LogP contribution >= 0.6 is 34.5 Å². The first-order valence-electron chi connectivity index (χ1n) is 6.37. The molecule has 0 aliphatic carbocycles. The van der Waals surface area contributed by atoms with Gasteiger partial charge in [-0.05, 0) is 42.0 Å². The smallest absolute Gasteiger partial charge is 0.176 e. The lowest BCUT2D eigenvalue weighted by Crippen LogP contribution is -1.85. The van der Waals surface area contributed by atoms with Crippen molar-refractivity contribution in [3.05, 3.63) is 50.9 Å². The summed E-state index contributed by atoms with van der Waals surface area (Å²) in [5.74, 6) is 0.277. The summed E-state index contributed by atoms with van der Waals surface area (Å²) >= 11 is 13.5. The van der Waals surface area contributed by atoms with Crippen LogP contribution < -0.4 is 4.74 Å². The van der Waals surface area contributed by atoms with E-state index in [2.05, 4.69) is 4.98 Å². The highest BCUT2D eigenvalue weighted by Gasteiger charge is 2.08. The molecule has 0 aliphatic rings. The zero-order chi connectivity index (χ0) is 15.7. The Hall–Kier alpha value is -1.75. The maximum Gasteiger partial charge on any atom is 0.176 e. The first kappa shape index (κ1) is 15.2. The van der Waals surface area contributed by atoms with Crippen molar-refractivity contribution in [2.75, 3.05) is 7.11 Å². The number of hydrogen-bond acceptors (Lipinski definition) is 4. The Morgan fingerprint density at radius 2 is 2.00 bits per heavy atom. The molecule has 1 N–H and O–H groups in total. The number of rotatable bonds is 3. The van der Waals surface area contributed by atoms with Gasteiger partial charge in [0, 0.05) is 5.02 Å². The van der Waals surface area contributed by atoms with Gasteiger partial charge < -0.3 is 9.84 Å². The van der Waals surface area contributed by atoms with Crippen molar-refractivity contribution in [3.63, 3.8) is 0 Å². The molecule has 0 bridgehead atoms. The fourth-order valence-corrected chi connectivity index (χ4v) is 3.24. The highest BCUT2D eigenvalue weighted by Crippen LogP contribution is 2.35. The molecule has 1 aromatic heterocycles. The van der Waals surface area contributed by atoms with Crippen molar-refractivity contribution in [3.8, 4) is 11.5 Å². The third-order valence-electron chi connectivity index (χ3n) is 3.06. The van der Waals surface area contributed by atoms with Crippen LogP contribution in [0.25, 0.3) is 22.4 Å². The number of halogens is 2. The SMILES string of the molecule is COc1cc(C=Cc2nc3cc(Cl)ccc3s2)cc(Cl)c1O. The average Bonchev–Trinajstić information content (AvgIpc) is 2.90. The number of nitrogens with zero attached hydrogens (tertiary/aromatic N) is 1. The van der Waals surface area contributed by atoms with E-state index in [-0.39, 0.29) is 10.8 Å². The largest absolute Gasteiger partial charge is 0.503 e. The molecule has 0 radical (unpaired) electrons. The molecule has 6 heteroatoms. The van der Waals surface area contributed by atoms with Crippen LogP contribution in [0.1, 0.15) is 10.6 Å². The Morgan fingerprint density at radius 3 is 2.77 bits per heavy atom. The minimum Gasteiger partial charge on any atom is -0.503 e. The Kier molecular flexibility index (Phi) is 4.25. The fraction of sp³-hybridized carbons (Fsp3) is 0.0625. The molecule has 112 valence electrons. The zero-order valence-corrected chi connectivity index (χ0v) is 13.8. The number of aromatic hydroxyl groups is 1. The maximum atomic E-state index is 9.72. The molecule has 2 aromatic carbocycles. The maximum absolute atomic E-state index is 9.72. The molecule has 0 atom stereocenters. The predicted molar refractivity (Wildman–Crippen MR) is 93.2 cm³/mol. The summed E-state index contributed by atoms with van der Waals surface area (Å²) in [6.07, 6.45) is 3.76. The van der Waals surface area contributed by atoms with E-state index in [1.54, 1.807) is 23.5 Å². The van der Waals surface area contributed by atoms with E-state index in [9.17, 15) is 5.11 Å². The van der Waals surface area contributed by atoms with Gasteiger partial charge in [0.15, 0.2) is 11.5 Å². The monoisotopic (exact) mass is 351 g/mol. The number of aromatic nitrogens is 1. The van der Waals surface area contributed by atoms with Crippen molar-refractivity contribution in [1.82, 2.24) is 4.98 Å². The molecule has 3 nitrogen and oxygen atoms in total. The number of methoxy groups -OCH3 is 1. The lowest BCUT2D eigenvalue weighted by molar-refractivity contribution is 0.373. The van der Waals surface area contributed by atoms with Gasteiger partial charge in [0.25, 0.3) is 0 Å². The minimum atomic E-state index is -0.0593. The Morgan fingerprint density at radius 1 is 1.18 bits per heavy atom. The van der Waals surface area contributed by atoms with Crippen LogP contribution in [0.15, 0.2) is 30.3 Å². The molecular formula is C16H11Cl2NO2S. The lowest BCUT2D eigenvalue weighted by atomic mass is 10.2. The van der Waals surface area contributed by atoms with Crippen LogP contribution in [0.2, 0.25) is 10.0 Å². The fourth-order valence-electron chi connectivity index (χ4n) is 2.00. The van der Waals surface area contributed by atoms with Gasteiger partial charge >= 0.3 is 0 Å². The molecular weight excluding hydrogens is 341 g/mol. The molecule has 0 fully saturated rings. The van der Waals surface area contributed by atoms with E-state index in [0.29, 0.717) is 10.8 Å². The van der Waals surface area contributed by atoms with Gasteiger partial charge in [0.05, 0.1) is 22.3 Å². The molecule has 3 aromatic rings. The summed E-state index contributed by atoms with van der Waals surface area (Å²) in [5, 5.41) is 11.5. The first-order valence-corrected chi connectivity index (χ1v) is 7.95. The summed E-state index contributed by atoms with van der Waals surface area (Å²) in [6.45, 7) is 0. The first-order chi connectivity index (χ1) is 10.6. The minimum absolute atomic E-state index is 0.0593. The molecule has 0 unspecified atom stereocenters. The van der Waals surface area contributed by atoms with Gasteiger partial charge in [-0.25, -0.2) is 4.98 Å². The van der Waals surface area contributed by atoms with Gasteiger partial charge in [0.2, 0.25) is 0 Å². The third kappa shape index (κ3) is 3.04. The summed E-state index contributed by atoms with van der Waals surface area (Å²) in [6, 6.07) is 9.01. The number of ether oxygens (including phenoxy) is 1. The van der Waals surface area contributed by atoms with Gasteiger partial charge in [0.1, 0.15) is 5.01 Å². The number of phenolic OH excluding ortho intramolecular Hbond substituents is 1. The van der Waals surface area contributed by atoms with E-state index >= 15 is 0 Å². The average molecular weight is 352 g/mol. The molecule has 0 amide bonds. The quantitative estimate of drug-likeness (QED) is 0.678. The Balaban J connectivity index is 1.94. The van der Waals surface area contributed by atoms with E-state index in [0.717, 1.165) is 20.8 Å². The standard InChI is InChI=1S/C16H11Cl2NO2S/c1-21-13-7-9(6-11(18)16(13)20)2-5-15-19-12-8-10(17)3-4-14(12)22-15/h2-8,20H,1H3. The Labute approximate surface area is 141 Å². The van der Waals surface area contributed by atoms with Gasteiger partial charge in [-0.15, -0.1) is 11.3 Å². The predicted octanol–water partition coefficient (Wildman–Crippen LogP) is 5.49. The summed E-state index contributed by atoms with van der Waals surface area (Å²) in [7, 11) is 1.48. The molecule has 0 saturated carbocycles. The molecule has 0 saturated heterocycles. The van der Waals surface area contributed by atoms with Crippen LogP contribution in [0.5, 0.6) is 11.5 Å². The highest BCUT2D eigenvalue weighted by atomic mass is 35.5. The molecule has 1 heterocycles. The second kappa shape index (κ2) is 6.16. The summed E-state index contributed by atoms with van der Waals surface area (Å²) < 4.78 is 6.16. The van der Waals surface area contributed by atoms with Crippen molar-refractivity contribution >= 4 is 56.9 Å². The van der Waals surface area contributed by atoms with E-state index in [4.69, 9.17) is 27.9 Å². The van der Waals surface area contributed by atoms with Crippen LogP contribution in [0.3, 0.4) is 0 Å². The number of fused-ring (bicyclic) bond motifs is 1. The zero-order valence-electron chi connectivity index (χ0n) is 11.5. The second-order valence-electron chi connectivity index (χ2n) is 4.55. The van der Waals surface area contributed by atoms with Crippen LogP contribution in [0.4, 0.5) is 0 Å². The van der Waals surface area contributed by atoms with Crippen molar-refractivity contribution in [2.45, 2.75) is 0 Å². The number of hydrogen-bond donors (Lipinski definition) is 1. The topological polar surface area (TPSA) is 42.4 Å². The Bertz CT molecular complexity index is 874. The normalized spacial score (nSPS) is 11.4. The van der Waals surface area contributed by atoms with Gasteiger partial charge in [-0.2, -0.15) is 0 Å². The number of thiazole rings is 1. The van der Waals surface area contributed by atoms with Crippen LogP contribution in [-0.4, -0.2) is 17.2 Å². The number of phenols is 1. The highest BCUT2D eigenvalue weighted by molar-refractivity contribution is 7.19. The molecule has 0 spiro atoms. The molecule has 3 rings (SSSR count). The van der Waals surface area contributed by atoms with E-state index in [1.807, 2.05) is 30.4 Å². The second-order valence-corrected chi connectivity index (χ2v) is 6.46. The van der Waals surface area contributed by atoms with E-state index in [1.165, 1.54) is 7.11 Å². The lowest BCUT2D eigenvalue weighted by Gasteiger charge is -2.06. The van der Waals surface area contributed by atoms with E-state index < -0.39 is 0 Å². The third-order valence-corrected chi connectivity index (χ3v) is 4.58.